The molecule has 10 atom stereocenters. The zero-order valence-electron chi connectivity index (χ0n) is 59.3. The van der Waals surface area contributed by atoms with Gasteiger partial charge >= 0.3 is 0 Å². The first-order valence-corrected chi connectivity index (χ1v) is 36.5. The molecule has 0 saturated heterocycles. The van der Waals surface area contributed by atoms with Crippen LogP contribution in [0.4, 0.5) is 0 Å². The molecule has 6 heterocycles. The number of ether oxygens (including phenoxy) is 3. The summed E-state index contributed by atoms with van der Waals surface area (Å²) in [6.07, 6.45) is 6.06. The molecule has 0 saturated carbocycles. The van der Waals surface area contributed by atoms with Gasteiger partial charge < -0.3 is 114 Å². The lowest BCUT2D eigenvalue weighted by atomic mass is 9.85. The summed E-state index contributed by atoms with van der Waals surface area (Å²) in [6.45, 7) is 2.63. The van der Waals surface area contributed by atoms with Crippen LogP contribution < -0.4 is 73.5 Å². The van der Waals surface area contributed by atoms with Gasteiger partial charge in [0.05, 0.1) is 21.7 Å². The van der Waals surface area contributed by atoms with E-state index in [0.717, 1.165) is 105 Å². The van der Waals surface area contributed by atoms with Crippen molar-refractivity contribution in [2.45, 2.75) is 151 Å². The number of rotatable bonds is 19. The number of phenolic OH excluding ortho intramolecular Hbond substituents is 6. The number of aromatic hydroxyl groups is 6. The second-order valence-electron chi connectivity index (χ2n) is 27.0. The number of nitrogens with one attached hydrogen (secondary N) is 9. The van der Waals surface area contributed by atoms with Crippen molar-refractivity contribution in [3.63, 3.8) is 0 Å². The first-order chi connectivity index (χ1) is 52.3. The topological polar surface area (TPSA) is 486 Å². The summed E-state index contributed by atoms with van der Waals surface area (Å²) in [7, 11) is 1.22. The van der Waals surface area contributed by atoms with Gasteiger partial charge in [-0.05, 0) is 144 Å². The van der Waals surface area contributed by atoms with E-state index in [1.807, 2.05) is 0 Å². The van der Waals surface area contributed by atoms with E-state index in [9.17, 15) is 50.4 Å². The molecule has 6 aliphatic heterocycles. The van der Waals surface area contributed by atoms with E-state index in [2.05, 4.69) is 54.8 Å². The van der Waals surface area contributed by atoms with E-state index in [-0.39, 0.29) is 73.6 Å². The lowest BCUT2D eigenvalue weighted by Gasteiger charge is -2.31. The highest BCUT2D eigenvalue weighted by Crippen LogP contribution is 2.51. The molecule has 21 N–H and O–H groups in total. The lowest BCUT2D eigenvalue weighted by molar-refractivity contribution is -0.137. The van der Waals surface area contributed by atoms with Gasteiger partial charge in [-0.3, -0.25) is 38.4 Å². The van der Waals surface area contributed by atoms with Gasteiger partial charge in [-0.25, -0.2) is 0 Å². The first-order valence-electron chi connectivity index (χ1n) is 35.7. The number of carbonyl (C=O) groups excluding carboxylic acids is 8. The Morgan fingerprint density at radius 1 is 0.514 bits per heavy atom. The molecular formula is C77H85Cl2N11O19. The number of amides is 8. The van der Waals surface area contributed by atoms with Gasteiger partial charge in [0, 0.05) is 30.8 Å². The van der Waals surface area contributed by atoms with Gasteiger partial charge in [0.1, 0.15) is 94.7 Å². The zero-order valence-corrected chi connectivity index (χ0v) is 60.8. The summed E-state index contributed by atoms with van der Waals surface area (Å²) in [6, 6.07) is 4.46. The second-order valence-corrected chi connectivity index (χ2v) is 27.9. The number of likely N-dealkylation sites (N-methyl/N-ethyl adjacent to an activating group) is 1. The highest BCUT2D eigenvalue weighted by Gasteiger charge is 2.44. The Morgan fingerprint density at radius 2 is 1.07 bits per heavy atom. The second kappa shape index (κ2) is 34.8. The molecule has 7 aromatic rings. The van der Waals surface area contributed by atoms with Crippen LogP contribution in [0.15, 0.2) is 109 Å². The summed E-state index contributed by atoms with van der Waals surface area (Å²) >= 11 is 13.9. The van der Waals surface area contributed by atoms with Crippen LogP contribution in [0.25, 0.3) is 11.1 Å². The molecule has 8 amide bonds. The lowest BCUT2D eigenvalue weighted by Crippen LogP contribution is -2.56. The van der Waals surface area contributed by atoms with E-state index in [0.29, 0.717) is 32.4 Å². The van der Waals surface area contributed by atoms with Gasteiger partial charge in [-0.1, -0.05) is 118 Å². The number of nitrogens with two attached hydrogens (primary N) is 2. The van der Waals surface area contributed by atoms with Gasteiger partial charge in [-0.2, -0.15) is 0 Å². The van der Waals surface area contributed by atoms with Crippen LogP contribution >= 0.6 is 23.2 Å². The molecule has 30 nitrogen and oxygen atoms in total. The van der Waals surface area contributed by atoms with Gasteiger partial charge in [0.15, 0.2) is 23.0 Å². The predicted octanol–water partition coefficient (Wildman–Crippen LogP) is 7.37. The Kier molecular flexibility index (Phi) is 25.2. The number of unbranched alkanes of at least 4 members (excludes halogenated alkanes) is 9. The summed E-state index contributed by atoms with van der Waals surface area (Å²) in [5.74, 6) is -16.4. The molecule has 576 valence electrons. The Balaban J connectivity index is 1.10. The first kappa shape index (κ1) is 78.9. The van der Waals surface area contributed by atoms with Crippen molar-refractivity contribution in [2.75, 3.05) is 20.1 Å². The van der Waals surface area contributed by atoms with Crippen LogP contribution in [0.3, 0.4) is 0 Å². The maximum atomic E-state index is 16.4. The van der Waals surface area contributed by atoms with Crippen LogP contribution in [0, 0.1) is 0 Å². The number of benzene rings is 7. The minimum Gasteiger partial charge on any atom is -0.508 e. The fraction of sp³-hybridized carbons (Fsp3) is 0.351. The molecule has 6 aliphatic rings. The Labute approximate surface area is 635 Å². The number of hydrogen-bond donors (Lipinski definition) is 19. The SMILES string of the molecule is CCCCCCCCCCCNCc1c(O)cc2c(c1O)-c1c(O)cccc1C1NC(=O)C3NC(=O)C4NC(=O)C(NC(=O)C(NC(=O)C(N)CCCCN)c5ccc(O)c(c5)Oc5cc(O)cc4c5)C(O)c4ccc(c(Cl)c4)Oc4cc3cc(c4O)Oc3ccc(cc3Cl)C(O)C(NC1=O)C(=O)NC2C(=O)NC. The quantitative estimate of drug-likeness (QED) is 0.0351. The van der Waals surface area contributed by atoms with Crippen molar-refractivity contribution >= 4 is 70.5 Å². The predicted molar refractivity (Wildman–Crippen MR) is 396 cm³/mol. The van der Waals surface area contributed by atoms with E-state index in [1.165, 1.54) is 62.4 Å². The Bertz CT molecular complexity index is 4660. The van der Waals surface area contributed by atoms with E-state index in [1.54, 1.807) is 0 Å². The molecule has 32 heteroatoms. The average molecular weight is 1540 g/mol. The summed E-state index contributed by atoms with van der Waals surface area (Å²) < 4.78 is 18.8. The normalized spacial score (nSPS) is 20.7. The fourth-order valence-corrected chi connectivity index (χ4v) is 14.0. The van der Waals surface area contributed by atoms with Crippen LogP contribution in [0.2, 0.25) is 10.0 Å². The highest BCUT2D eigenvalue weighted by molar-refractivity contribution is 6.32. The summed E-state index contributed by atoms with van der Waals surface area (Å²) in [4.78, 5) is 123. The molecular weight excluding hydrogens is 1450 g/mol. The maximum Gasteiger partial charge on any atom is 0.248 e. The third kappa shape index (κ3) is 17.7. The minimum absolute atomic E-state index is 0.0695. The van der Waals surface area contributed by atoms with Crippen LogP contribution in [0.1, 0.15) is 171 Å². The van der Waals surface area contributed by atoms with Crippen molar-refractivity contribution in [1.29, 1.82) is 0 Å². The highest BCUT2D eigenvalue weighted by atomic mass is 35.5. The molecule has 0 aliphatic carbocycles. The molecule has 15 bridgehead atoms. The molecule has 0 fully saturated rings. The van der Waals surface area contributed by atoms with E-state index >= 15 is 28.8 Å². The number of halogens is 2. The summed E-state index contributed by atoms with van der Waals surface area (Å²) in [5, 5.41) is 120. The number of aliphatic hydroxyl groups is 2. The molecule has 10 unspecified atom stereocenters. The van der Waals surface area contributed by atoms with Crippen molar-refractivity contribution in [2.24, 2.45) is 11.5 Å². The molecule has 0 spiro atoms. The molecule has 0 radical (unpaired) electrons. The third-order valence-electron chi connectivity index (χ3n) is 19.4. The monoisotopic (exact) mass is 1540 g/mol. The van der Waals surface area contributed by atoms with Gasteiger partial charge in [0.2, 0.25) is 53.0 Å². The minimum atomic E-state index is -2.31. The number of aliphatic hydroxyl groups excluding tert-OH is 2. The fourth-order valence-electron chi connectivity index (χ4n) is 13.6. The number of phenols is 6. The van der Waals surface area contributed by atoms with Crippen molar-refractivity contribution < 1.29 is 93.4 Å². The van der Waals surface area contributed by atoms with Gasteiger partial charge in [-0.15, -0.1) is 0 Å². The van der Waals surface area contributed by atoms with Crippen molar-refractivity contribution in [3.8, 4) is 80.1 Å². The van der Waals surface area contributed by atoms with Crippen LogP contribution in [-0.2, 0) is 44.9 Å². The third-order valence-corrected chi connectivity index (χ3v) is 20.0. The average Bonchev–Trinajstić information content (AvgIpc) is 1.69. The van der Waals surface area contributed by atoms with Crippen molar-refractivity contribution in [3.05, 3.63) is 164 Å². The van der Waals surface area contributed by atoms with Gasteiger partial charge in [0.25, 0.3) is 0 Å². The van der Waals surface area contributed by atoms with Crippen molar-refractivity contribution in [1.82, 2.24) is 47.9 Å². The summed E-state index contributed by atoms with van der Waals surface area (Å²) in [5.41, 5.74) is 8.91. The number of fused-ring (bicyclic) bond motifs is 13. The smallest absolute Gasteiger partial charge is 0.248 e. The number of hydrogen-bond acceptors (Lipinski definition) is 22. The Morgan fingerprint density at radius 3 is 1.69 bits per heavy atom. The largest absolute Gasteiger partial charge is 0.508 e. The molecule has 0 aromatic heterocycles. The number of carbonyl (C=O) groups is 8. The van der Waals surface area contributed by atoms with Crippen LogP contribution in [0.5, 0.6) is 69.0 Å². The van der Waals surface area contributed by atoms with E-state index < -0.39 is 182 Å². The molecule has 13 rings (SSSR count). The standard InChI is InChI=1S/C77H85Cl2N11O19/c1-3-4-5-6-7-8-9-10-13-25-83-35-45-51(94)34-44-58(68(45)97)57-43(15-14-17-50(57)93)62-75(104)90-65(77(106)88-63(44)71(100)82-2)67(96)38-20-23-53(47(79)29-38)109-56-32-40-31-55(69(56)98)108-52-22-19-37(28-46(52)78)66(95)64-76(105)86-60(73(102)85-61(40)74(103)87-62)39-26-41(91)33-42(27-39)107-54-30-36(18-21-49(54)92)59(72(101)89-64)84-70(99)48(81)16-11-12-24-80/h14-15,17-23,26-34,48,59-67,83,91-98H,3-13,16,24-25,35,80-81H2,1-2H3,(H,82,100)(H,84,99)(H,85,102)(H,86,105)(H,87,103)(H,88,106)(H,89,101)(H,90,104). The van der Waals surface area contributed by atoms with E-state index in [4.69, 9.17) is 48.9 Å². The Hall–Kier alpha value is -11.1. The zero-order chi connectivity index (χ0) is 78.1. The molecule has 7 aromatic carbocycles. The van der Waals surface area contributed by atoms with Crippen LogP contribution in [-0.4, -0.2) is 126 Å². The molecule has 109 heavy (non-hydrogen) atoms. The maximum absolute atomic E-state index is 16.4.